The third kappa shape index (κ3) is 5.16. The third-order valence-electron chi connectivity index (χ3n) is 4.25. The number of rotatable bonds is 7. The van der Waals surface area contributed by atoms with Gasteiger partial charge in [0.1, 0.15) is 11.8 Å². The molecular formula is C20H24BrN2O3+. The number of nitrogens with two attached hydrogens (primary N) is 1. The molecule has 0 heterocycles. The molecule has 3 N–H and O–H groups in total. The molecule has 0 bridgehead atoms. The average Bonchev–Trinajstić information content (AvgIpc) is 2.61. The highest BCUT2D eigenvalue weighted by atomic mass is 79.9. The van der Waals surface area contributed by atoms with Crippen LogP contribution in [0.3, 0.4) is 0 Å². The number of carbonyl (C=O) groups is 2. The fourth-order valence-electron chi connectivity index (χ4n) is 2.64. The topological polar surface area (TPSA) is 72.0 Å². The van der Waals surface area contributed by atoms with E-state index < -0.39 is 0 Å². The number of amides is 1. The van der Waals surface area contributed by atoms with E-state index in [9.17, 15) is 9.59 Å². The Hall–Kier alpha value is -2.18. The minimum Gasteiger partial charge on any atom is -0.496 e. The van der Waals surface area contributed by atoms with Crippen LogP contribution >= 0.6 is 15.9 Å². The Balaban J connectivity index is 1.97. The van der Waals surface area contributed by atoms with Crippen LogP contribution in [-0.4, -0.2) is 24.8 Å². The molecule has 2 aromatic carbocycles. The minimum absolute atomic E-state index is 0.00375. The molecule has 0 radical (unpaired) electrons. The standard InChI is InChI=1S/C20H23BrN2O3/c1-12(16-7-10-19(26-4)18(21)11-16)22-13(2)20(25)23-17-8-5-15(6-9-17)14(3)24/h5-13,22H,1-4H3,(H,23,25)/p+1/t12-,13+/m1/s1. The largest absolute Gasteiger partial charge is 0.496 e. The van der Waals surface area contributed by atoms with Gasteiger partial charge in [-0.2, -0.15) is 0 Å². The number of hydrogen-bond acceptors (Lipinski definition) is 3. The van der Waals surface area contributed by atoms with Crippen LogP contribution in [0.25, 0.3) is 0 Å². The molecule has 1 amide bonds. The molecule has 138 valence electrons. The van der Waals surface area contributed by atoms with Gasteiger partial charge in [-0.3, -0.25) is 9.59 Å². The molecule has 2 rings (SSSR count). The first-order valence-corrected chi connectivity index (χ1v) is 9.21. The summed E-state index contributed by atoms with van der Waals surface area (Å²) in [4.78, 5) is 23.7. The van der Waals surface area contributed by atoms with Gasteiger partial charge in [0.05, 0.1) is 11.6 Å². The summed E-state index contributed by atoms with van der Waals surface area (Å²) in [6, 6.07) is 12.7. The summed E-state index contributed by atoms with van der Waals surface area (Å²) in [5, 5.41) is 4.89. The Morgan fingerprint density at radius 3 is 2.31 bits per heavy atom. The Labute approximate surface area is 162 Å². The van der Waals surface area contributed by atoms with Crippen LogP contribution in [0, 0.1) is 0 Å². The lowest BCUT2D eigenvalue weighted by atomic mass is 10.1. The van der Waals surface area contributed by atoms with Gasteiger partial charge in [-0.05, 0) is 79.2 Å². The zero-order chi connectivity index (χ0) is 19.3. The zero-order valence-electron chi connectivity index (χ0n) is 15.4. The molecule has 0 fully saturated rings. The average molecular weight is 420 g/mol. The first-order valence-electron chi connectivity index (χ1n) is 8.42. The van der Waals surface area contributed by atoms with Crippen molar-refractivity contribution in [1.29, 1.82) is 0 Å². The highest BCUT2D eigenvalue weighted by Crippen LogP contribution is 2.27. The van der Waals surface area contributed by atoms with Crippen LogP contribution < -0.4 is 15.4 Å². The first-order chi connectivity index (χ1) is 12.3. The van der Waals surface area contributed by atoms with E-state index in [0.29, 0.717) is 11.3 Å². The van der Waals surface area contributed by atoms with E-state index in [1.54, 1.807) is 31.4 Å². The maximum atomic E-state index is 12.4. The summed E-state index contributed by atoms with van der Waals surface area (Å²) in [7, 11) is 1.63. The van der Waals surface area contributed by atoms with Gasteiger partial charge in [0.25, 0.3) is 5.91 Å². The predicted octanol–water partition coefficient (Wildman–Crippen LogP) is 3.31. The van der Waals surface area contributed by atoms with Gasteiger partial charge in [-0.25, -0.2) is 0 Å². The Kier molecular flexibility index (Phi) is 6.94. The summed E-state index contributed by atoms with van der Waals surface area (Å²) in [5.74, 6) is 0.699. The molecule has 2 atom stereocenters. The minimum atomic E-state index is -0.265. The summed E-state index contributed by atoms with van der Waals surface area (Å²) in [5.41, 5.74) is 2.41. The highest BCUT2D eigenvalue weighted by molar-refractivity contribution is 9.10. The van der Waals surface area contributed by atoms with Gasteiger partial charge >= 0.3 is 0 Å². The number of methoxy groups -OCH3 is 1. The molecule has 26 heavy (non-hydrogen) atoms. The maximum Gasteiger partial charge on any atom is 0.282 e. The monoisotopic (exact) mass is 419 g/mol. The zero-order valence-corrected chi connectivity index (χ0v) is 17.0. The van der Waals surface area contributed by atoms with Gasteiger partial charge in [-0.15, -0.1) is 0 Å². The Bertz CT molecular complexity index is 790. The van der Waals surface area contributed by atoms with Gasteiger partial charge in [0, 0.05) is 16.8 Å². The number of anilines is 1. The lowest BCUT2D eigenvalue weighted by molar-refractivity contribution is -0.709. The summed E-state index contributed by atoms with van der Waals surface area (Å²) >= 11 is 3.49. The SMILES string of the molecule is COc1ccc([C@@H](C)[NH2+][C@@H](C)C(=O)Nc2ccc(C(C)=O)cc2)cc1Br. The quantitative estimate of drug-likeness (QED) is 0.676. The van der Waals surface area contributed by atoms with Crippen LogP contribution in [0.15, 0.2) is 46.9 Å². The molecule has 2 aromatic rings. The van der Waals surface area contributed by atoms with Gasteiger partial charge in [0.15, 0.2) is 11.8 Å². The Morgan fingerprint density at radius 1 is 1.12 bits per heavy atom. The van der Waals surface area contributed by atoms with E-state index in [2.05, 4.69) is 28.2 Å². The summed E-state index contributed by atoms with van der Waals surface area (Å²) in [6.07, 6.45) is 0. The number of benzene rings is 2. The van der Waals surface area contributed by atoms with Crippen molar-refractivity contribution in [2.75, 3.05) is 12.4 Å². The second-order valence-corrected chi connectivity index (χ2v) is 7.14. The van der Waals surface area contributed by atoms with Crippen LogP contribution in [-0.2, 0) is 4.79 Å². The number of carbonyl (C=O) groups excluding carboxylic acids is 2. The van der Waals surface area contributed by atoms with Gasteiger partial charge < -0.3 is 15.4 Å². The number of Topliss-reactive ketones (excluding diaryl/α,β-unsaturated/α-hetero) is 1. The first kappa shape index (κ1) is 20.1. The molecule has 5 nitrogen and oxygen atoms in total. The van der Waals surface area contributed by atoms with Gasteiger partial charge in [-0.1, -0.05) is 0 Å². The van der Waals surface area contributed by atoms with E-state index in [1.165, 1.54) is 6.92 Å². The lowest BCUT2D eigenvalue weighted by Gasteiger charge is -2.17. The number of ketones is 1. The van der Waals surface area contributed by atoms with E-state index in [1.807, 2.05) is 30.4 Å². The van der Waals surface area contributed by atoms with Crippen molar-refractivity contribution in [3.63, 3.8) is 0 Å². The van der Waals surface area contributed by atoms with Crippen LogP contribution in [0.2, 0.25) is 0 Å². The molecule has 0 aromatic heterocycles. The van der Waals surface area contributed by atoms with Crippen molar-refractivity contribution in [1.82, 2.24) is 0 Å². The fraction of sp³-hybridized carbons (Fsp3) is 0.300. The van der Waals surface area contributed by atoms with Crippen molar-refractivity contribution < 1.29 is 19.6 Å². The van der Waals surface area contributed by atoms with Crippen molar-refractivity contribution in [2.24, 2.45) is 0 Å². The Morgan fingerprint density at radius 2 is 1.77 bits per heavy atom. The molecule has 0 aliphatic rings. The molecule has 0 aliphatic heterocycles. The van der Waals surface area contributed by atoms with Crippen LogP contribution in [0.1, 0.15) is 42.7 Å². The number of quaternary nitrogens is 1. The molecule has 6 heteroatoms. The number of ether oxygens (including phenoxy) is 1. The number of hydrogen-bond donors (Lipinski definition) is 2. The number of halogens is 1. The van der Waals surface area contributed by atoms with Crippen molar-refractivity contribution in [2.45, 2.75) is 32.9 Å². The maximum absolute atomic E-state index is 12.4. The normalized spacial score (nSPS) is 13.0. The van der Waals surface area contributed by atoms with Crippen molar-refractivity contribution in [3.05, 3.63) is 58.1 Å². The molecule has 0 saturated heterocycles. The van der Waals surface area contributed by atoms with E-state index in [0.717, 1.165) is 15.8 Å². The van der Waals surface area contributed by atoms with Crippen LogP contribution in [0.4, 0.5) is 5.69 Å². The molecule has 0 spiro atoms. The molecular weight excluding hydrogens is 396 g/mol. The third-order valence-corrected chi connectivity index (χ3v) is 4.87. The van der Waals surface area contributed by atoms with Gasteiger partial charge in [0.2, 0.25) is 0 Å². The molecule has 0 unspecified atom stereocenters. The molecule has 0 saturated carbocycles. The van der Waals surface area contributed by atoms with Crippen LogP contribution in [0.5, 0.6) is 5.75 Å². The molecule has 0 aliphatic carbocycles. The second kappa shape index (κ2) is 8.96. The summed E-state index contributed by atoms with van der Waals surface area (Å²) in [6.45, 7) is 5.44. The van der Waals surface area contributed by atoms with E-state index in [-0.39, 0.29) is 23.8 Å². The summed E-state index contributed by atoms with van der Waals surface area (Å²) < 4.78 is 6.14. The number of nitrogens with one attached hydrogen (secondary N) is 1. The fourth-order valence-corrected chi connectivity index (χ4v) is 3.20. The predicted molar refractivity (Wildman–Crippen MR) is 106 cm³/mol. The van der Waals surface area contributed by atoms with E-state index in [4.69, 9.17) is 4.74 Å². The lowest BCUT2D eigenvalue weighted by Crippen LogP contribution is -2.91. The smallest absolute Gasteiger partial charge is 0.282 e. The van der Waals surface area contributed by atoms with Crippen molar-refractivity contribution >= 4 is 33.3 Å². The van der Waals surface area contributed by atoms with Crippen molar-refractivity contribution in [3.8, 4) is 5.75 Å². The highest BCUT2D eigenvalue weighted by Gasteiger charge is 2.21. The van der Waals surface area contributed by atoms with E-state index >= 15 is 0 Å². The second-order valence-electron chi connectivity index (χ2n) is 6.29.